The smallest absolute Gasteiger partial charge is 0.337 e. The summed E-state index contributed by atoms with van der Waals surface area (Å²) in [4.78, 5) is 17.1. The molecular formula is C14H15N3O2. The first-order valence-electron chi connectivity index (χ1n) is 5.81. The minimum absolute atomic E-state index is 0.237. The Balaban J connectivity index is 2.30. The summed E-state index contributed by atoms with van der Waals surface area (Å²) < 4.78 is 0. The van der Waals surface area contributed by atoms with Crippen molar-refractivity contribution in [2.45, 2.75) is 6.54 Å². The van der Waals surface area contributed by atoms with Crippen molar-refractivity contribution >= 4 is 17.3 Å². The number of carboxylic acids is 1. The zero-order valence-electron chi connectivity index (χ0n) is 10.6. The van der Waals surface area contributed by atoms with Gasteiger partial charge in [0.2, 0.25) is 0 Å². The highest BCUT2D eigenvalue weighted by Crippen LogP contribution is 2.24. The monoisotopic (exact) mass is 257 g/mol. The average molecular weight is 257 g/mol. The largest absolute Gasteiger partial charge is 0.478 e. The van der Waals surface area contributed by atoms with Gasteiger partial charge in [0, 0.05) is 31.7 Å². The van der Waals surface area contributed by atoms with Crippen LogP contribution in [0.15, 0.2) is 42.7 Å². The second-order valence-corrected chi connectivity index (χ2v) is 4.30. The van der Waals surface area contributed by atoms with Crippen molar-refractivity contribution in [3.8, 4) is 0 Å². The van der Waals surface area contributed by atoms with Crippen LogP contribution in [-0.4, -0.2) is 23.1 Å². The number of carbonyl (C=O) groups is 1. The summed E-state index contributed by atoms with van der Waals surface area (Å²) in [7, 11) is 1.83. The molecule has 0 radical (unpaired) electrons. The third-order valence-corrected chi connectivity index (χ3v) is 2.81. The van der Waals surface area contributed by atoms with Crippen LogP contribution in [0.1, 0.15) is 15.9 Å². The van der Waals surface area contributed by atoms with E-state index in [0.29, 0.717) is 17.9 Å². The van der Waals surface area contributed by atoms with Gasteiger partial charge >= 0.3 is 5.97 Å². The number of aromatic nitrogens is 1. The highest BCUT2D eigenvalue weighted by molar-refractivity contribution is 5.95. The van der Waals surface area contributed by atoms with Gasteiger partial charge in [0.05, 0.1) is 11.3 Å². The molecule has 0 fully saturated rings. The van der Waals surface area contributed by atoms with Crippen LogP contribution < -0.4 is 10.6 Å². The van der Waals surface area contributed by atoms with Crippen LogP contribution in [0.2, 0.25) is 0 Å². The maximum atomic E-state index is 11.2. The van der Waals surface area contributed by atoms with Crippen LogP contribution in [0.4, 0.5) is 11.4 Å². The van der Waals surface area contributed by atoms with E-state index in [2.05, 4.69) is 4.98 Å². The van der Waals surface area contributed by atoms with Gasteiger partial charge < -0.3 is 15.7 Å². The summed E-state index contributed by atoms with van der Waals surface area (Å²) >= 11 is 0. The second-order valence-electron chi connectivity index (χ2n) is 4.30. The maximum Gasteiger partial charge on any atom is 0.337 e. The topological polar surface area (TPSA) is 79.5 Å². The molecule has 0 aliphatic carbocycles. The Morgan fingerprint density at radius 2 is 2.21 bits per heavy atom. The SMILES string of the molecule is CN(Cc1cccnc1)c1cc(N)ccc1C(=O)O. The number of carboxylic acid groups (broad SMARTS) is 1. The number of nitrogens with two attached hydrogens (primary N) is 1. The first kappa shape index (κ1) is 12.9. The van der Waals surface area contributed by atoms with E-state index in [-0.39, 0.29) is 5.56 Å². The molecule has 0 aliphatic rings. The average Bonchev–Trinajstić information content (AvgIpc) is 2.39. The van der Waals surface area contributed by atoms with E-state index in [1.54, 1.807) is 24.5 Å². The first-order chi connectivity index (χ1) is 9.08. The lowest BCUT2D eigenvalue weighted by molar-refractivity contribution is 0.0697. The van der Waals surface area contributed by atoms with Crippen molar-refractivity contribution in [1.29, 1.82) is 0 Å². The van der Waals surface area contributed by atoms with Gasteiger partial charge in [-0.25, -0.2) is 4.79 Å². The fraction of sp³-hybridized carbons (Fsp3) is 0.143. The maximum absolute atomic E-state index is 11.2. The zero-order valence-corrected chi connectivity index (χ0v) is 10.6. The number of pyridine rings is 1. The Morgan fingerprint density at radius 3 is 2.84 bits per heavy atom. The highest BCUT2D eigenvalue weighted by Gasteiger charge is 2.14. The predicted octanol–water partition coefficient (Wildman–Crippen LogP) is 2.00. The lowest BCUT2D eigenvalue weighted by Crippen LogP contribution is -2.19. The van der Waals surface area contributed by atoms with Gasteiger partial charge in [-0.3, -0.25) is 4.98 Å². The van der Waals surface area contributed by atoms with Crippen molar-refractivity contribution in [1.82, 2.24) is 4.98 Å². The number of hydrogen-bond donors (Lipinski definition) is 2. The molecular weight excluding hydrogens is 242 g/mol. The van der Waals surface area contributed by atoms with E-state index in [1.165, 1.54) is 6.07 Å². The Kier molecular flexibility index (Phi) is 3.66. The van der Waals surface area contributed by atoms with E-state index in [4.69, 9.17) is 5.73 Å². The summed E-state index contributed by atoms with van der Waals surface area (Å²) in [5.74, 6) is -0.965. The molecule has 0 amide bonds. The summed E-state index contributed by atoms with van der Waals surface area (Å²) in [6.07, 6.45) is 3.45. The molecule has 19 heavy (non-hydrogen) atoms. The van der Waals surface area contributed by atoms with E-state index in [9.17, 15) is 9.90 Å². The van der Waals surface area contributed by atoms with Gasteiger partial charge in [-0.05, 0) is 29.8 Å². The van der Waals surface area contributed by atoms with Crippen LogP contribution in [0.5, 0.6) is 0 Å². The molecule has 1 aromatic heterocycles. The van der Waals surface area contributed by atoms with Gasteiger partial charge in [0.25, 0.3) is 0 Å². The summed E-state index contributed by atoms with van der Waals surface area (Å²) in [5.41, 5.74) is 8.10. The van der Waals surface area contributed by atoms with Crippen molar-refractivity contribution < 1.29 is 9.90 Å². The molecule has 3 N–H and O–H groups in total. The Morgan fingerprint density at radius 1 is 1.42 bits per heavy atom. The number of nitrogens with zero attached hydrogens (tertiary/aromatic N) is 2. The van der Waals surface area contributed by atoms with E-state index in [1.807, 2.05) is 24.1 Å². The van der Waals surface area contributed by atoms with Crippen LogP contribution in [0.25, 0.3) is 0 Å². The molecule has 0 atom stereocenters. The lowest BCUT2D eigenvalue weighted by atomic mass is 10.1. The number of benzene rings is 1. The molecule has 0 saturated heterocycles. The van der Waals surface area contributed by atoms with Crippen LogP contribution >= 0.6 is 0 Å². The lowest BCUT2D eigenvalue weighted by Gasteiger charge is -2.21. The molecule has 2 aromatic rings. The van der Waals surface area contributed by atoms with Gasteiger partial charge in [-0.1, -0.05) is 6.07 Å². The van der Waals surface area contributed by atoms with Gasteiger partial charge in [0.15, 0.2) is 0 Å². The molecule has 0 saturated carbocycles. The number of nitrogen functional groups attached to an aromatic ring is 1. The Bertz CT molecular complexity index is 584. The summed E-state index contributed by atoms with van der Waals surface area (Å²) in [6, 6.07) is 8.56. The Labute approximate surface area is 111 Å². The summed E-state index contributed by atoms with van der Waals surface area (Å²) in [5, 5.41) is 9.19. The molecule has 0 spiro atoms. The fourth-order valence-electron chi connectivity index (χ4n) is 1.90. The van der Waals surface area contributed by atoms with Gasteiger partial charge in [0.1, 0.15) is 0 Å². The molecule has 0 aliphatic heterocycles. The van der Waals surface area contributed by atoms with Gasteiger partial charge in [-0.2, -0.15) is 0 Å². The fourth-order valence-corrected chi connectivity index (χ4v) is 1.90. The highest BCUT2D eigenvalue weighted by atomic mass is 16.4. The first-order valence-corrected chi connectivity index (χ1v) is 5.81. The zero-order chi connectivity index (χ0) is 13.8. The number of hydrogen-bond acceptors (Lipinski definition) is 4. The van der Waals surface area contributed by atoms with Crippen molar-refractivity contribution in [3.05, 3.63) is 53.9 Å². The second kappa shape index (κ2) is 5.39. The molecule has 5 nitrogen and oxygen atoms in total. The van der Waals surface area contributed by atoms with E-state index in [0.717, 1.165) is 5.56 Å². The minimum atomic E-state index is -0.965. The van der Waals surface area contributed by atoms with Crippen LogP contribution in [0, 0.1) is 0 Å². The standard InChI is InChI=1S/C14H15N3O2/c1-17(9-10-3-2-6-16-8-10)13-7-11(15)4-5-12(13)14(18)19/h2-8H,9,15H2,1H3,(H,18,19). The van der Waals surface area contributed by atoms with Crippen LogP contribution in [-0.2, 0) is 6.54 Å². The third kappa shape index (κ3) is 3.01. The van der Waals surface area contributed by atoms with Crippen molar-refractivity contribution in [2.75, 3.05) is 17.7 Å². The van der Waals surface area contributed by atoms with Crippen LogP contribution in [0.3, 0.4) is 0 Å². The van der Waals surface area contributed by atoms with E-state index < -0.39 is 5.97 Å². The molecule has 1 heterocycles. The number of aromatic carboxylic acids is 1. The summed E-state index contributed by atoms with van der Waals surface area (Å²) in [6.45, 7) is 0.567. The molecule has 1 aromatic carbocycles. The normalized spacial score (nSPS) is 10.2. The van der Waals surface area contributed by atoms with E-state index >= 15 is 0 Å². The van der Waals surface area contributed by atoms with Gasteiger partial charge in [-0.15, -0.1) is 0 Å². The number of anilines is 2. The minimum Gasteiger partial charge on any atom is -0.478 e. The van der Waals surface area contributed by atoms with Crippen molar-refractivity contribution in [2.24, 2.45) is 0 Å². The molecule has 0 unspecified atom stereocenters. The molecule has 98 valence electrons. The van der Waals surface area contributed by atoms with Crippen molar-refractivity contribution in [3.63, 3.8) is 0 Å². The quantitative estimate of drug-likeness (QED) is 0.819. The molecule has 5 heteroatoms. The molecule has 2 rings (SSSR count). The number of rotatable bonds is 4. The predicted molar refractivity (Wildman–Crippen MR) is 74.2 cm³/mol. The molecule has 0 bridgehead atoms. The third-order valence-electron chi connectivity index (χ3n) is 2.81. The Hall–Kier alpha value is -2.56.